The van der Waals surface area contributed by atoms with Gasteiger partial charge in [0.1, 0.15) is 23.9 Å². The molecular formula is C19H19F3O4. The Morgan fingerprint density at radius 3 is 2.54 bits per heavy atom. The Bertz CT molecular complexity index is 791. The average Bonchev–Trinajstić information content (AvgIpc) is 2.60. The lowest BCUT2D eigenvalue weighted by Crippen LogP contribution is -2.11. The molecule has 0 amide bonds. The lowest BCUT2D eigenvalue weighted by molar-refractivity contribution is 0.120. The summed E-state index contributed by atoms with van der Waals surface area (Å²) in [6.07, 6.45) is -3.43. The maximum atomic E-state index is 14.0. The summed E-state index contributed by atoms with van der Waals surface area (Å²) < 4.78 is 55.5. The lowest BCUT2D eigenvalue weighted by Gasteiger charge is -2.16. The minimum Gasteiger partial charge on any atom is -0.488 e. The number of alkyl halides is 2. The van der Waals surface area contributed by atoms with Crippen LogP contribution in [0.4, 0.5) is 18.0 Å². The summed E-state index contributed by atoms with van der Waals surface area (Å²) in [6, 6.07) is 7.00. The molecule has 2 aromatic carbocycles. The molecule has 26 heavy (non-hydrogen) atoms. The number of benzene rings is 2. The summed E-state index contributed by atoms with van der Waals surface area (Å²) in [5.41, 5.74) is 0.999. The van der Waals surface area contributed by atoms with Crippen molar-refractivity contribution in [3.8, 4) is 11.5 Å². The van der Waals surface area contributed by atoms with Crippen LogP contribution < -0.4 is 9.47 Å². The zero-order valence-corrected chi connectivity index (χ0v) is 14.6. The predicted molar refractivity (Wildman–Crippen MR) is 89.3 cm³/mol. The van der Waals surface area contributed by atoms with Gasteiger partial charge in [-0.05, 0) is 36.6 Å². The number of ether oxygens (including phenoxy) is 3. The minimum atomic E-state index is -2.81. The van der Waals surface area contributed by atoms with Crippen LogP contribution in [0, 0.1) is 12.7 Å². The molecule has 0 radical (unpaired) electrons. The highest BCUT2D eigenvalue weighted by Crippen LogP contribution is 2.33. The van der Waals surface area contributed by atoms with Crippen LogP contribution in [-0.2, 0) is 17.8 Å². The van der Waals surface area contributed by atoms with Crippen molar-refractivity contribution in [2.75, 3.05) is 7.11 Å². The van der Waals surface area contributed by atoms with E-state index in [0.29, 0.717) is 12.0 Å². The smallest absolute Gasteiger partial charge is 0.488 e. The second kappa shape index (κ2) is 8.60. The molecule has 0 bridgehead atoms. The second-order valence-electron chi connectivity index (χ2n) is 5.53. The van der Waals surface area contributed by atoms with Crippen LogP contribution >= 0.6 is 0 Å². The first-order chi connectivity index (χ1) is 12.4. The van der Waals surface area contributed by atoms with Gasteiger partial charge in [0, 0.05) is 11.6 Å². The maximum Gasteiger partial charge on any atom is 0.513 e. The SMILES string of the molecule is CCc1cc(C(F)F)c(OCc2c(C)cccc2OC(=O)OC)cc1F. The molecule has 0 aliphatic rings. The molecular weight excluding hydrogens is 349 g/mol. The first-order valence-corrected chi connectivity index (χ1v) is 7.94. The molecule has 0 aromatic heterocycles. The van der Waals surface area contributed by atoms with Crippen molar-refractivity contribution in [3.05, 3.63) is 58.4 Å². The Balaban J connectivity index is 2.32. The molecule has 140 valence electrons. The normalized spacial score (nSPS) is 10.7. The highest BCUT2D eigenvalue weighted by Gasteiger charge is 2.19. The van der Waals surface area contributed by atoms with Crippen LogP contribution in [0.1, 0.15) is 35.6 Å². The molecule has 0 N–H and O–H groups in total. The minimum absolute atomic E-state index is 0.177. The van der Waals surface area contributed by atoms with Crippen LogP contribution in [-0.4, -0.2) is 13.3 Å². The van der Waals surface area contributed by atoms with Crippen LogP contribution in [0.5, 0.6) is 11.5 Å². The number of carbonyl (C=O) groups excluding carboxylic acids is 1. The quantitative estimate of drug-likeness (QED) is 0.509. The average molecular weight is 368 g/mol. The number of carbonyl (C=O) groups is 1. The van der Waals surface area contributed by atoms with Crippen molar-refractivity contribution in [2.24, 2.45) is 0 Å². The molecule has 0 saturated heterocycles. The number of halogens is 3. The number of methoxy groups -OCH3 is 1. The van der Waals surface area contributed by atoms with E-state index in [9.17, 15) is 18.0 Å². The van der Waals surface area contributed by atoms with Gasteiger partial charge in [-0.15, -0.1) is 0 Å². The first kappa shape index (κ1) is 19.6. The van der Waals surface area contributed by atoms with E-state index in [2.05, 4.69) is 4.74 Å². The summed E-state index contributed by atoms with van der Waals surface area (Å²) >= 11 is 0. The van der Waals surface area contributed by atoms with Gasteiger partial charge in [-0.25, -0.2) is 18.0 Å². The van der Waals surface area contributed by atoms with Crippen molar-refractivity contribution in [1.82, 2.24) is 0 Å². The van der Waals surface area contributed by atoms with Crippen LogP contribution in [0.3, 0.4) is 0 Å². The summed E-state index contributed by atoms with van der Waals surface area (Å²) in [5, 5.41) is 0. The van der Waals surface area contributed by atoms with E-state index in [1.807, 2.05) is 0 Å². The zero-order valence-electron chi connectivity index (χ0n) is 14.6. The Hall–Kier alpha value is -2.70. The van der Waals surface area contributed by atoms with E-state index in [1.54, 1.807) is 26.0 Å². The van der Waals surface area contributed by atoms with Crippen molar-refractivity contribution in [3.63, 3.8) is 0 Å². The van der Waals surface area contributed by atoms with Crippen LogP contribution in [0.2, 0.25) is 0 Å². The fourth-order valence-electron chi connectivity index (χ4n) is 2.42. The number of aryl methyl sites for hydroxylation is 2. The van der Waals surface area contributed by atoms with E-state index in [-0.39, 0.29) is 29.2 Å². The number of hydrogen-bond acceptors (Lipinski definition) is 4. The lowest BCUT2D eigenvalue weighted by atomic mass is 10.1. The molecule has 2 rings (SSSR count). The third-order valence-electron chi connectivity index (χ3n) is 3.89. The highest BCUT2D eigenvalue weighted by molar-refractivity contribution is 5.64. The van der Waals surface area contributed by atoms with Crippen molar-refractivity contribution in [2.45, 2.75) is 33.3 Å². The highest BCUT2D eigenvalue weighted by atomic mass is 19.3. The van der Waals surface area contributed by atoms with Gasteiger partial charge in [0.25, 0.3) is 6.43 Å². The second-order valence-corrected chi connectivity index (χ2v) is 5.53. The molecule has 0 heterocycles. The molecule has 0 saturated carbocycles. The van der Waals surface area contributed by atoms with Crippen LogP contribution in [0.25, 0.3) is 0 Å². The van der Waals surface area contributed by atoms with E-state index in [4.69, 9.17) is 9.47 Å². The summed E-state index contributed by atoms with van der Waals surface area (Å²) in [7, 11) is 1.17. The molecule has 0 spiro atoms. The van der Waals surface area contributed by atoms with Crippen molar-refractivity contribution < 1.29 is 32.2 Å². The third kappa shape index (κ3) is 4.47. The molecule has 0 aliphatic carbocycles. The van der Waals surface area contributed by atoms with Crippen molar-refractivity contribution >= 4 is 6.16 Å². The molecule has 0 atom stereocenters. The Kier molecular flexibility index (Phi) is 6.49. The number of rotatable bonds is 6. The van der Waals surface area contributed by atoms with Gasteiger partial charge in [0.05, 0.1) is 12.7 Å². The number of hydrogen-bond donors (Lipinski definition) is 0. The van der Waals surface area contributed by atoms with Gasteiger partial charge >= 0.3 is 6.16 Å². The molecule has 0 unspecified atom stereocenters. The Morgan fingerprint density at radius 2 is 1.92 bits per heavy atom. The van der Waals surface area contributed by atoms with Gasteiger partial charge in [-0.1, -0.05) is 19.1 Å². The van der Waals surface area contributed by atoms with E-state index >= 15 is 0 Å². The van der Waals surface area contributed by atoms with E-state index < -0.39 is 18.4 Å². The summed E-state index contributed by atoms with van der Waals surface area (Å²) in [5.74, 6) is -0.675. The van der Waals surface area contributed by atoms with Gasteiger partial charge in [-0.2, -0.15) is 0 Å². The largest absolute Gasteiger partial charge is 0.513 e. The van der Waals surface area contributed by atoms with Gasteiger partial charge in [-0.3, -0.25) is 0 Å². The maximum absolute atomic E-state index is 14.0. The molecule has 7 heteroatoms. The third-order valence-corrected chi connectivity index (χ3v) is 3.89. The Morgan fingerprint density at radius 1 is 1.19 bits per heavy atom. The van der Waals surface area contributed by atoms with Crippen LogP contribution in [0.15, 0.2) is 30.3 Å². The fraction of sp³-hybridized carbons (Fsp3) is 0.316. The summed E-state index contributed by atoms with van der Waals surface area (Å²) in [4.78, 5) is 11.3. The molecule has 0 fully saturated rings. The molecule has 2 aromatic rings. The van der Waals surface area contributed by atoms with Gasteiger partial charge in [0.2, 0.25) is 0 Å². The standard InChI is InChI=1S/C19H19F3O4/c1-4-12-8-13(18(21)22)17(9-15(12)20)25-10-14-11(2)6-5-7-16(14)26-19(23)24-3/h5-9,18H,4,10H2,1-3H3. The van der Waals surface area contributed by atoms with E-state index in [1.165, 1.54) is 13.2 Å². The monoisotopic (exact) mass is 368 g/mol. The zero-order chi connectivity index (χ0) is 19.3. The fourth-order valence-corrected chi connectivity index (χ4v) is 2.42. The van der Waals surface area contributed by atoms with E-state index in [0.717, 1.165) is 17.7 Å². The molecule has 4 nitrogen and oxygen atoms in total. The van der Waals surface area contributed by atoms with Gasteiger partial charge < -0.3 is 14.2 Å². The molecule has 0 aliphatic heterocycles. The topological polar surface area (TPSA) is 44.8 Å². The first-order valence-electron chi connectivity index (χ1n) is 7.94. The predicted octanol–water partition coefficient (Wildman–Crippen LogP) is 5.36. The summed E-state index contributed by atoms with van der Waals surface area (Å²) in [6.45, 7) is 3.25. The Labute approximate surface area is 149 Å². The van der Waals surface area contributed by atoms with Crippen molar-refractivity contribution in [1.29, 1.82) is 0 Å². The van der Waals surface area contributed by atoms with Gasteiger partial charge in [0.15, 0.2) is 0 Å².